The van der Waals surface area contributed by atoms with Gasteiger partial charge in [-0.25, -0.2) is 8.42 Å². The van der Waals surface area contributed by atoms with Crippen LogP contribution in [0.1, 0.15) is 63.9 Å². The number of hydrogen-bond acceptors (Lipinski definition) is 3. The third kappa shape index (κ3) is 4.36. The molecule has 118 valence electrons. The van der Waals surface area contributed by atoms with Gasteiger partial charge in [0.05, 0.1) is 11.0 Å². The number of hydrogen-bond donors (Lipinski definition) is 0. The van der Waals surface area contributed by atoms with Crippen molar-refractivity contribution in [2.45, 2.75) is 69.3 Å². The van der Waals surface area contributed by atoms with Crippen molar-refractivity contribution in [1.82, 2.24) is 0 Å². The summed E-state index contributed by atoms with van der Waals surface area (Å²) < 4.78 is 29.2. The third-order valence-corrected chi connectivity index (χ3v) is 5.60. The zero-order chi connectivity index (χ0) is 15.5. The largest absolute Gasteiger partial charge is 0.490 e. The number of benzene rings is 1. The zero-order valence-electron chi connectivity index (χ0n) is 12.6. The molecule has 1 unspecified atom stereocenters. The van der Waals surface area contributed by atoms with Crippen molar-refractivity contribution in [3.8, 4) is 5.75 Å². The molecule has 0 aromatic heterocycles. The molecule has 1 saturated carbocycles. The van der Waals surface area contributed by atoms with E-state index in [9.17, 15) is 8.42 Å². The highest BCUT2D eigenvalue weighted by molar-refractivity contribution is 8.13. The molecule has 2 rings (SSSR count). The van der Waals surface area contributed by atoms with Crippen molar-refractivity contribution in [2.75, 3.05) is 0 Å². The van der Waals surface area contributed by atoms with Crippen molar-refractivity contribution in [3.05, 3.63) is 23.8 Å². The van der Waals surface area contributed by atoms with Crippen LogP contribution in [-0.2, 0) is 9.05 Å². The molecule has 0 heterocycles. The van der Waals surface area contributed by atoms with E-state index in [-0.39, 0.29) is 16.9 Å². The van der Waals surface area contributed by atoms with E-state index in [0.717, 1.165) is 30.6 Å². The Morgan fingerprint density at radius 2 is 1.95 bits per heavy atom. The predicted molar refractivity (Wildman–Crippen MR) is 85.7 cm³/mol. The van der Waals surface area contributed by atoms with Crippen molar-refractivity contribution in [2.24, 2.45) is 0 Å². The molecule has 0 bridgehead atoms. The standard InChI is InChI=1S/C16H23ClO3S/c1-3-12(2)15-11-14(21(17,18)19)9-10-16(15)20-13-7-5-4-6-8-13/h9-13H,3-8H2,1-2H3. The first-order valence-electron chi connectivity index (χ1n) is 7.67. The monoisotopic (exact) mass is 330 g/mol. The van der Waals surface area contributed by atoms with Gasteiger partial charge in [-0.3, -0.25) is 0 Å². The number of rotatable bonds is 5. The minimum atomic E-state index is -3.70. The van der Waals surface area contributed by atoms with Gasteiger partial charge in [-0.2, -0.15) is 0 Å². The number of ether oxygens (including phenoxy) is 1. The maximum atomic E-state index is 11.5. The lowest BCUT2D eigenvalue weighted by Gasteiger charge is -2.25. The maximum Gasteiger partial charge on any atom is 0.261 e. The van der Waals surface area contributed by atoms with E-state index in [1.807, 2.05) is 0 Å². The summed E-state index contributed by atoms with van der Waals surface area (Å²) in [5, 5.41) is 0. The molecule has 1 aromatic rings. The molecule has 1 aliphatic carbocycles. The van der Waals surface area contributed by atoms with Gasteiger partial charge in [0.25, 0.3) is 9.05 Å². The van der Waals surface area contributed by atoms with Crippen LogP contribution in [0.2, 0.25) is 0 Å². The van der Waals surface area contributed by atoms with Gasteiger partial charge in [0.1, 0.15) is 5.75 Å². The fourth-order valence-corrected chi connectivity index (χ4v) is 3.54. The van der Waals surface area contributed by atoms with Crippen molar-refractivity contribution in [3.63, 3.8) is 0 Å². The molecule has 0 spiro atoms. The summed E-state index contributed by atoms with van der Waals surface area (Å²) in [6.45, 7) is 4.16. The highest BCUT2D eigenvalue weighted by Gasteiger charge is 2.20. The summed E-state index contributed by atoms with van der Waals surface area (Å²) in [7, 11) is 1.75. The Hall–Kier alpha value is -0.740. The maximum absolute atomic E-state index is 11.5. The second-order valence-electron chi connectivity index (χ2n) is 5.82. The van der Waals surface area contributed by atoms with Gasteiger partial charge in [-0.1, -0.05) is 20.3 Å². The smallest absolute Gasteiger partial charge is 0.261 e. The van der Waals surface area contributed by atoms with Crippen molar-refractivity contribution in [1.29, 1.82) is 0 Å². The number of halogens is 1. The first-order valence-corrected chi connectivity index (χ1v) is 9.98. The molecule has 21 heavy (non-hydrogen) atoms. The summed E-state index contributed by atoms with van der Waals surface area (Å²) in [5.74, 6) is 1.04. The molecule has 0 N–H and O–H groups in total. The van der Waals surface area contributed by atoms with Gasteiger partial charge in [-0.15, -0.1) is 0 Å². The van der Waals surface area contributed by atoms with Crippen LogP contribution in [0.4, 0.5) is 0 Å². The van der Waals surface area contributed by atoms with Crippen LogP contribution in [0, 0.1) is 0 Å². The summed E-state index contributed by atoms with van der Waals surface area (Å²) in [4.78, 5) is 0.149. The van der Waals surface area contributed by atoms with Crippen LogP contribution in [0.5, 0.6) is 5.75 Å². The van der Waals surface area contributed by atoms with E-state index in [0.29, 0.717) is 0 Å². The lowest BCUT2D eigenvalue weighted by Crippen LogP contribution is -2.20. The third-order valence-electron chi connectivity index (χ3n) is 4.25. The predicted octanol–water partition coefficient (Wildman–Crippen LogP) is 4.84. The summed E-state index contributed by atoms with van der Waals surface area (Å²) in [6, 6.07) is 4.95. The highest BCUT2D eigenvalue weighted by Crippen LogP contribution is 2.34. The lowest BCUT2D eigenvalue weighted by molar-refractivity contribution is 0.153. The molecule has 0 saturated heterocycles. The van der Waals surface area contributed by atoms with Gasteiger partial charge >= 0.3 is 0 Å². The van der Waals surface area contributed by atoms with Gasteiger partial charge in [0, 0.05) is 10.7 Å². The lowest BCUT2D eigenvalue weighted by atomic mass is 9.96. The Labute approximate surface area is 132 Å². The molecule has 1 fully saturated rings. The molecule has 5 heteroatoms. The van der Waals surface area contributed by atoms with Crippen LogP contribution in [0.15, 0.2) is 23.1 Å². The molecule has 0 amide bonds. The molecule has 1 aromatic carbocycles. The Morgan fingerprint density at radius 1 is 1.29 bits per heavy atom. The minimum absolute atomic E-state index is 0.149. The van der Waals surface area contributed by atoms with Crippen LogP contribution >= 0.6 is 10.7 Å². The van der Waals surface area contributed by atoms with Crippen LogP contribution in [-0.4, -0.2) is 14.5 Å². The Bertz CT molecular complexity index is 577. The molecule has 1 atom stereocenters. The van der Waals surface area contributed by atoms with Crippen LogP contribution in [0.3, 0.4) is 0 Å². The van der Waals surface area contributed by atoms with Gasteiger partial charge in [-0.05, 0) is 61.8 Å². The van der Waals surface area contributed by atoms with E-state index < -0.39 is 9.05 Å². The SMILES string of the molecule is CCC(C)c1cc(S(=O)(=O)Cl)ccc1OC1CCCCC1. The van der Waals surface area contributed by atoms with E-state index in [4.69, 9.17) is 15.4 Å². The van der Waals surface area contributed by atoms with E-state index in [2.05, 4.69) is 13.8 Å². The Morgan fingerprint density at radius 3 is 2.52 bits per heavy atom. The summed E-state index contributed by atoms with van der Waals surface area (Å²) in [6.07, 6.45) is 7.02. The minimum Gasteiger partial charge on any atom is -0.490 e. The molecule has 1 aliphatic rings. The zero-order valence-corrected chi connectivity index (χ0v) is 14.2. The molecule has 0 aliphatic heterocycles. The second kappa shape index (κ2) is 7.01. The molecular formula is C16H23ClO3S. The molecule has 3 nitrogen and oxygen atoms in total. The van der Waals surface area contributed by atoms with Crippen LogP contribution in [0.25, 0.3) is 0 Å². The molecular weight excluding hydrogens is 308 g/mol. The fourth-order valence-electron chi connectivity index (χ4n) is 2.75. The van der Waals surface area contributed by atoms with Crippen molar-refractivity contribution < 1.29 is 13.2 Å². The average Bonchev–Trinajstić information content (AvgIpc) is 2.47. The van der Waals surface area contributed by atoms with E-state index >= 15 is 0 Å². The molecule has 0 radical (unpaired) electrons. The normalized spacial score (nSPS) is 18.4. The topological polar surface area (TPSA) is 43.4 Å². The van der Waals surface area contributed by atoms with E-state index in [1.54, 1.807) is 12.1 Å². The van der Waals surface area contributed by atoms with Gasteiger partial charge in [0.2, 0.25) is 0 Å². The first-order chi connectivity index (χ1) is 9.91. The summed E-state index contributed by atoms with van der Waals surface area (Å²) >= 11 is 0. The van der Waals surface area contributed by atoms with Gasteiger partial charge in [0.15, 0.2) is 0 Å². The Kier molecular flexibility index (Phi) is 5.55. The highest BCUT2D eigenvalue weighted by atomic mass is 35.7. The first kappa shape index (κ1) is 16.6. The quantitative estimate of drug-likeness (QED) is 0.725. The van der Waals surface area contributed by atoms with Crippen molar-refractivity contribution >= 4 is 19.7 Å². The fraction of sp³-hybridized carbons (Fsp3) is 0.625. The van der Waals surface area contributed by atoms with E-state index in [1.165, 1.54) is 25.3 Å². The summed E-state index contributed by atoms with van der Waals surface area (Å²) in [5.41, 5.74) is 0.935. The average molecular weight is 331 g/mol. The van der Waals surface area contributed by atoms with Crippen LogP contribution < -0.4 is 4.74 Å². The Balaban J connectivity index is 2.30. The van der Waals surface area contributed by atoms with Gasteiger partial charge < -0.3 is 4.74 Å². The second-order valence-corrected chi connectivity index (χ2v) is 8.39.